The molecule has 3 heterocycles. The molecule has 150 valence electrons. The molecule has 0 unspecified atom stereocenters. The minimum atomic E-state index is -0.950. The number of anilines is 1. The third kappa shape index (κ3) is 3.97. The van der Waals surface area contributed by atoms with E-state index in [1.54, 1.807) is 50.4 Å². The number of methoxy groups -OCH3 is 1. The quantitative estimate of drug-likeness (QED) is 0.662. The Balaban J connectivity index is 1.56. The van der Waals surface area contributed by atoms with Crippen LogP contribution in [0.5, 0.6) is 11.5 Å². The number of aliphatic hydroxyl groups is 1. The average molecular weight is 410 g/mol. The van der Waals surface area contributed by atoms with Gasteiger partial charge in [-0.25, -0.2) is 0 Å². The Labute approximate surface area is 173 Å². The normalized spacial score (nSPS) is 13.5. The summed E-state index contributed by atoms with van der Waals surface area (Å²) in [7, 11) is 1.55. The highest BCUT2D eigenvalue weighted by molar-refractivity contribution is 7.17. The highest BCUT2D eigenvalue weighted by Gasteiger charge is 2.32. The standard InChI is InChI=1S/C22H22N2O4S/c1-22(2,26)13-28-17-7-6-16(10-18(17)27-3)24-12-15-9-19(29-20(15)21(24)25)14-5-4-8-23-11-14/h4-11,26H,12-13H2,1-3H3. The van der Waals surface area contributed by atoms with Crippen molar-refractivity contribution in [2.75, 3.05) is 18.6 Å². The van der Waals surface area contributed by atoms with Gasteiger partial charge in [0.05, 0.1) is 24.1 Å². The molecule has 1 amide bonds. The lowest BCUT2D eigenvalue weighted by Gasteiger charge is -2.21. The Hall–Kier alpha value is -2.90. The Bertz CT molecular complexity index is 1040. The number of hydrogen-bond acceptors (Lipinski definition) is 6. The molecule has 29 heavy (non-hydrogen) atoms. The first-order valence-electron chi connectivity index (χ1n) is 9.24. The summed E-state index contributed by atoms with van der Waals surface area (Å²) in [5.41, 5.74) is 1.82. The van der Waals surface area contributed by atoms with Gasteiger partial charge in [0, 0.05) is 34.6 Å². The zero-order valence-corrected chi connectivity index (χ0v) is 17.3. The van der Waals surface area contributed by atoms with E-state index in [0.717, 1.165) is 26.6 Å². The van der Waals surface area contributed by atoms with Crippen LogP contribution in [0.15, 0.2) is 48.8 Å². The minimum Gasteiger partial charge on any atom is -0.493 e. The predicted octanol–water partition coefficient (Wildman–Crippen LogP) is 4.13. The molecule has 0 aliphatic carbocycles. The van der Waals surface area contributed by atoms with Crippen LogP contribution in [-0.4, -0.2) is 35.3 Å². The van der Waals surface area contributed by atoms with E-state index >= 15 is 0 Å². The molecule has 1 N–H and O–H groups in total. The third-order valence-corrected chi connectivity index (χ3v) is 5.78. The number of ether oxygens (including phenoxy) is 2. The van der Waals surface area contributed by atoms with Crippen molar-refractivity contribution in [1.82, 2.24) is 4.98 Å². The zero-order valence-electron chi connectivity index (χ0n) is 16.5. The summed E-state index contributed by atoms with van der Waals surface area (Å²) in [4.78, 5) is 20.7. The van der Waals surface area contributed by atoms with Crippen LogP contribution in [0.3, 0.4) is 0 Å². The van der Waals surface area contributed by atoms with E-state index in [9.17, 15) is 9.90 Å². The second-order valence-corrected chi connectivity index (χ2v) is 8.59. The van der Waals surface area contributed by atoms with E-state index < -0.39 is 5.60 Å². The Morgan fingerprint density at radius 3 is 2.72 bits per heavy atom. The second kappa shape index (κ2) is 7.50. The number of nitrogens with zero attached hydrogens (tertiary/aromatic N) is 2. The molecule has 1 aromatic carbocycles. The van der Waals surface area contributed by atoms with Crippen molar-refractivity contribution in [2.24, 2.45) is 0 Å². The maximum atomic E-state index is 13.0. The van der Waals surface area contributed by atoms with Crippen LogP contribution in [0.4, 0.5) is 5.69 Å². The predicted molar refractivity (Wildman–Crippen MR) is 113 cm³/mol. The van der Waals surface area contributed by atoms with Crippen molar-refractivity contribution >= 4 is 22.9 Å². The smallest absolute Gasteiger partial charge is 0.269 e. The summed E-state index contributed by atoms with van der Waals surface area (Å²) in [6, 6.07) is 11.3. The first kappa shape index (κ1) is 19.4. The molecule has 0 saturated carbocycles. The molecule has 0 atom stereocenters. The van der Waals surface area contributed by atoms with E-state index in [2.05, 4.69) is 11.1 Å². The molecule has 6 nitrogen and oxygen atoms in total. The van der Waals surface area contributed by atoms with Crippen molar-refractivity contribution in [3.63, 3.8) is 0 Å². The van der Waals surface area contributed by atoms with Gasteiger partial charge in [-0.1, -0.05) is 6.07 Å². The van der Waals surface area contributed by atoms with E-state index in [4.69, 9.17) is 9.47 Å². The number of pyridine rings is 1. The van der Waals surface area contributed by atoms with Gasteiger partial charge >= 0.3 is 0 Å². The van der Waals surface area contributed by atoms with Gasteiger partial charge in [0.15, 0.2) is 11.5 Å². The summed E-state index contributed by atoms with van der Waals surface area (Å²) >= 11 is 1.49. The highest BCUT2D eigenvalue weighted by Crippen LogP contribution is 2.40. The molecular weight excluding hydrogens is 388 g/mol. The van der Waals surface area contributed by atoms with Crippen LogP contribution in [0, 0.1) is 0 Å². The van der Waals surface area contributed by atoms with E-state index in [1.165, 1.54) is 11.3 Å². The van der Waals surface area contributed by atoms with Crippen molar-refractivity contribution in [3.05, 3.63) is 59.2 Å². The Kier molecular flexibility index (Phi) is 5.02. The molecule has 0 fully saturated rings. The number of benzene rings is 1. The van der Waals surface area contributed by atoms with Crippen LogP contribution in [0.2, 0.25) is 0 Å². The molecule has 4 rings (SSSR count). The van der Waals surface area contributed by atoms with Crippen molar-refractivity contribution in [2.45, 2.75) is 26.0 Å². The van der Waals surface area contributed by atoms with Gasteiger partial charge < -0.3 is 19.5 Å². The van der Waals surface area contributed by atoms with Crippen LogP contribution in [-0.2, 0) is 6.54 Å². The van der Waals surface area contributed by atoms with Crippen LogP contribution >= 0.6 is 11.3 Å². The molecule has 1 aliphatic rings. The highest BCUT2D eigenvalue weighted by atomic mass is 32.1. The van der Waals surface area contributed by atoms with Gasteiger partial charge in [-0.15, -0.1) is 11.3 Å². The number of aromatic nitrogens is 1. The molecule has 2 aromatic heterocycles. The maximum Gasteiger partial charge on any atom is 0.269 e. The first-order chi connectivity index (χ1) is 13.9. The topological polar surface area (TPSA) is 71.9 Å². The first-order valence-corrected chi connectivity index (χ1v) is 10.1. The van der Waals surface area contributed by atoms with E-state index in [-0.39, 0.29) is 12.5 Å². The Morgan fingerprint density at radius 1 is 1.24 bits per heavy atom. The maximum absolute atomic E-state index is 13.0. The van der Waals surface area contributed by atoms with Gasteiger partial charge in [0.25, 0.3) is 5.91 Å². The molecule has 0 bridgehead atoms. The lowest BCUT2D eigenvalue weighted by atomic mass is 10.2. The van der Waals surface area contributed by atoms with Gasteiger partial charge in [0.2, 0.25) is 0 Å². The summed E-state index contributed by atoms with van der Waals surface area (Å²) < 4.78 is 11.1. The average Bonchev–Trinajstić information content (AvgIpc) is 3.26. The van der Waals surface area contributed by atoms with Crippen LogP contribution < -0.4 is 14.4 Å². The number of rotatable bonds is 6. The lowest BCUT2D eigenvalue weighted by Crippen LogP contribution is -2.28. The van der Waals surface area contributed by atoms with Gasteiger partial charge in [0.1, 0.15) is 6.61 Å². The molecular formula is C22H22N2O4S. The molecule has 1 aliphatic heterocycles. The number of carbonyl (C=O) groups is 1. The zero-order chi connectivity index (χ0) is 20.6. The van der Waals surface area contributed by atoms with Gasteiger partial charge in [-0.05, 0) is 43.7 Å². The fraction of sp³-hybridized carbons (Fsp3) is 0.273. The summed E-state index contributed by atoms with van der Waals surface area (Å²) in [6.07, 6.45) is 3.54. The van der Waals surface area contributed by atoms with Crippen LogP contribution in [0.25, 0.3) is 10.4 Å². The molecule has 7 heteroatoms. The second-order valence-electron chi connectivity index (χ2n) is 7.53. The summed E-state index contributed by atoms with van der Waals surface area (Å²) in [6.45, 7) is 4.00. The third-order valence-electron chi connectivity index (χ3n) is 4.56. The molecule has 0 spiro atoms. The van der Waals surface area contributed by atoms with E-state index in [0.29, 0.717) is 18.0 Å². The number of hydrogen-bond donors (Lipinski definition) is 1. The number of carbonyl (C=O) groups excluding carboxylic acids is 1. The fourth-order valence-electron chi connectivity index (χ4n) is 3.15. The molecule has 3 aromatic rings. The minimum absolute atomic E-state index is 0.0210. The Morgan fingerprint density at radius 2 is 2.07 bits per heavy atom. The largest absolute Gasteiger partial charge is 0.493 e. The number of amides is 1. The van der Waals surface area contributed by atoms with Crippen molar-refractivity contribution < 1.29 is 19.4 Å². The van der Waals surface area contributed by atoms with E-state index in [1.807, 2.05) is 18.2 Å². The van der Waals surface area contributed by atoms with Crippen molar-refractivity contribution in [1.29, 1.82) is 0 Å². The SMILES string of the molecule is COc1cc(N2Cc3cc(-c4cccnc4)sc3C2=O)ccc1OCC(C)(C)O. The van der Waals surface area contributed by atoms with Gasteiger partial charge in [-0.3, -0.25) is 9.78 Å². The number of thiophene rings is 1. The fourth-order valence-corrected chi connectivity index (χ4v) is 4.26. The summed E-state index contributed by atoms with van der Waals surface area (Å²) in [5.74, 6) is 1.02. The number of fused-ring (bicyclic) bond motifs is 1. The summed E-state index contributed by atoms with van der Waals surface area (Å²) in [5, 5.41) is 9.86. The molecule has 0 saturated heterocycles. The van der Waals surface area contributed by atoms with Crippen LogP contribution in [0.1, 0.15) is 29.1 Å². The molecule has 0 radical (unpaired) electrons. The monoisotopic (exact) mass is 410 g/mol. The van der Waals surface area contributed by atoms with Crippen molar-refractivity contribution in [3.8, 4) is 21.9 Å². The lowest BCUT2D eigenvalue weighted by molar-refractivity contribution is 0.0276. The van der Waals surface area contributed by atoms with Gasteiger partial charge in [-0.2, -0.15) is 0 Å².